The van der Waals surface area contributed by atoms with Gasteiger partial charge in [0.25, 0.3) is 0 Å². The van der Waals surface area contributed by atoms with Crippen molar-refractivity contribution < 1.29 is 4.74 Å². The van der Waals surface area contributed by atoms with Crippen molar-refractivity contribution in [3.63, 3.8) is 0 Å². The lowest BCUT2D eigenvalue weighted by Gasteiger charge is -2.21. The van der Waals surface area contributed by atoms with Gasteiger partial charge in [0.2, 0.25) is 0 Å². The molecule has 5 heteroatoms. The highest BCUT2D eigenvalue weighted by atomic mass is 79.9. The molecule has 0 spiro atoms. The Morgan fingerprint density at radius 1 is 1.25 bits per heavy atom. The quantitative estimate of drug-likeness (QED) is 0.628. The number of halogens is 2. The zero-order valence-electron chi connectivity index (χ0n) is 11.1. The topological polar surface area (TPSA) is 47.3 Å². The molecule has 0 saturated carbocycles. The molecule has 2 aromatic carbocycles. The number of hydrogen-bond acceptors (Lipinski definition) is 3. The third-order valence-electron chi connectivity index (χ3n) is 2.97. The first kappa shape index (κ1) is 15.3. The highest BCUT2D eigenvalue weighted by Crippen LogP contribution is 2.34. The Balaban J connectivity index is 2.49. The number of hydrazine groups is 1. The van der Waals surface area contributed by atoms with Crippen LogP contribution in [0.4, 0.5) is 0 Å². The van der Waals surface area contributed by atoms with Crippen molar-refractivity contribution >= 4 is 27.5 Å². The zero-order chi connectivity index (χ0) is 14.5. The Hall–Kier alpha value is -1.07. The van der Waals surface area contributed by atoms with Crippen molar-refractivity contribution in [2.24, 2.45) is 5.84 Å². The maximum absolute atomic E-state index is 6.09. The number of rotatable bonds is 5. The lowest BCUT2D eigenvalue weighted by atomic mass is 9.98. The monoisotopic (exact) mass is 354 g/mol. The van der Waals surface area contributed by atoms with E-state index >= 15 is 0 Å². The van der Waals surface area contributed by atoms with E-state index in [1.165, 1.54) is 0 Å². The number of nitrogens with one attached hydrogen (secondary N) is 1. The van der Waals surface area contributed by atoms with E-state index < -0.39 is 0 Å². The molecule has 0 radical (unpaired) electrons. The normalized spacial score (nSPS) is 12.2. The summed E-state index contributed by atoms with van der Waals surface area (Å²) in [7, 11) is 0. The summed E-state index contributed by atoms with van der Waals surface area (Å²) < 4.78 is 6.61. The van der Waals surface area contributed by atoms with E-state index in [0.717, 1.165) is 21.3 Å². The van der Waals surface area contributed by atoms with E-state index in [0.29, 0.717) is 11.6 Å². The molecule has 2 aromatic rings. The summed E-state index contributed by atoms with van der Waals surface area (Å²) in [6.45, 7) is 2.56. The van der Waals surface area contributed by atoms with Gasteiger partial charge in [0.15, 0.2) is 0 Å². The molecule has 106 valence electrons. The minimum absolute atomic E-state index is 0.203. The van der Waals surface area contributed by atoms with E-state index in [2.05, 4.69) is 21.4 Å². The summed E-state index contributed by atoms with van der Waals surface area (Å²) >= 11 is 9.62. The van der Waals surface area contributed by atoms with Crippen LogP contribution in [0.2, 0.25) is 5.02 Å². The van der Waals surface area contributed by atoms with Crippen molar-refractivity contribution in [2.75, 3.05) is 6.61 Å². The Morgan fingerprint density at radius 2 is 2.00 bits per heavy atom. The van der Waals surface area contributed by atoms with Gasteiger partial charge in [-0.3, -0.25) is 5.84 Å². The molecule has 0 saturated heterocycles. The van der Waals surface area contributed by atoms with Gasteiger partial charge in [-0.25, -0.2) is 5.43 Å². The Bertz CT molecular complexity index is 592. The smallest absolute Gasteiger partial charge is 0.124 e. The van der Waals surface area contributed by atoms with E-state index in [9.17, 15) is 0 Å². The maximum Gasteiger partial charge on any atom is 0.124 e. The van der Waals surface area contributed by atoms with E-state index in [-0.39, 0.29) is 6.04 Å². The third-order valence-corrected chi connectivity index (χ3v) is 3.92. The van der Waals surface area contributed by atoms with E-state index in [1.54, 1.807) is 0 Å². The number of nitrogens with two attached hydrogens (primary N) is 1. The lowest BCUT2D eigenvalue weighted by Crippen LogP contribution is -2.29. The van der Waals surface area contributed by atoms with Crippen LogP contribution in [-0.4, -0.2) is 6.61 Å². The summed E-state index contributed by atoms with van der Waals surface area (Å²) in [5, 5.41) is 0.664. The SMILES string of the molecule is CCOc1ccccc1C(NN)c1cc(Cl)ccc1Br. The molecular formula is C15H16BrClN2O. The summed E-state index contributed by atoms with van der Waals surface area (Å²) in [6.07, 6.45) is 0. The second-order valence-electron chi connectivity index (χ2n) is 4.24. The zero-order valence-corrected chi connectivity index (χ0v) is 13.4. The molecule has 20 heavy (non-hydrogen) atoms. The molecular weight excluding hydrogens is 340 g/mol. The number of ether oxygens (including phenoxy) is 1. The molecule has 1 atom stereocenters. The molecule has 0 heterocycles. The molecule has 3 nitrogen and oxygen atoms in total. The summed E-state index contributed by atoms with van der Waals surface area (Å²) in [5.74, 6) is 6.56. The molecule has 0 fully saturated rings. The van der Waals surface area contributed by atoms with Crippen LogP contribution in [0.25, 0.3) is 0 Å². The minimum Gasteiger partial charge on any atom is -0.494 e. The van der Waals surface area contributed by atoms with Gasteiger partial charge in [0, 0.05) is 15.1 Å². The first-order chi connectivity index (χ1) is 9.67. The molecule has 0 aromatic heterocycles. The van der Waals surface area contributed by atoms with Crippen molar-refractivity contribution in [3.8, 4) is 5.75 Å². The third kappa shape index (κ3) is 3.33. The minimum atomic E-state index is -0.203. The first-order valence-electron chi connectivity index (χ1n) is 6.30. The number of hydrogen-bond donors (Lipinski definition) is 2. The highest BCUT2D eigenvalue weighted by Gasteiger charge is 2.19. The van der Waals surface area contributed by atoms with Crippen LogP contribution >= 0.6 is 27.5 Å². The molecule has 0 aliphatic heterocycles. The Morgan fingerprint density at radius 3 is 2.70 bits per heavy atom. The van der Waals surface area contributed by atoms with Gasteiger partial charge in [-0.1, -0.05) is 45.7 Å². The van der Waals surface area contributed by atoms with Crippen LogP contribution in [0.1, 0.15) is 24.1 Å². The molecule has 1 unspecified atom stereocenters. The van der Waals surface area contributed by atoms with Gasteiger partial charge in [0.1, 0.15) is 5.75 Å². The number of benzene rings is 2. The van der Waals surface area contributed by atoms with Gasteiger partial charge < -0.3 is 4.74 Å². The van der Waals surface area contributed by atoms with Crippen LogP contribution in [-0.2, 0) is 0 Å². The number of para-hydroxylation sites is 1. The predicted molar refractivity (Wildman–Crippen MR) is 85.9 cm³/mol. The van der Waals surface area contributed by atoms with Gasteiger partial charge in [-0.05, 0) is 36.8 Å². The largest absolute Gasteiger partial charge is 0.494 e. The fourth-order valence-electron chi connectivity index (χ4n) is 2.09. The van der Waals surface area contributed by atoms with Gasteiger partial charge in [-0.2, -0.15) is 0 Å². The van der Waals surface area contributed by atoms with Crippen molar-refractivity contribution in [3.05, 3.63) is 63.1 Å². The Labute approximate surface area is 132 Å². The van der Waals surface area contributed by atoms with Gasteiger partial charge >= 0.3 is 0 Å². The molecule has 0 bridgehead atoms. The summed E-state index contributed by atoms with van der Waals surface area (Å²) in [5.41, 5.74) is 4.77. The summed E-state index contributed by atoms with van der Waals surface area (Å²) in [6, 6.07) is 13.2. The fraction of sp³-hybridized carbons (Fsp3) is 0.200. The molecule has 2 rings (SSSR count). The van der Waals surface area contributed by atoms with Crippen LogP contribution in [0.5, 0.6) is 5.75 Å². The first-order valence-corrected chi connectivity index (χ1v) is 7.47. The van der Waals surface area contributed by atoms with Crippen molar-refractivity contribution in [1.29, 1.82) is 0 Å². The summed E-state index contributed by atoms with van der Waals surface area (Å²) in [4.78, 5) is 0. The predicted octanol–water partition coefficient (Wildman–Crippen LogP) is 4.05. The second-order valence-corrected chi connectivity index (χ2v) is 5.53. The van der Waals surface area contributed by atoms with Gasteiger partial charge in [0.05, 0.1) is 12.6 Å². The lowest BCUT2D eigenvalue weighted by molar-refractivity contribution is 0.333. The van der Waals surface area contributed by atoms with Crippen LogP contribution in [0.15, 0.2) is 46.9 Å². The Kier molecular flexibility index (Phi) is 5.43. The van der Waals surface area contributed by atoms with Crippen molar-refractivity contribution in [2.45, 2.75) is 13.0 Å². The molecule has 0 amide bonds. The van der Waals surface area contributed by atoms with Crippen molar-refractivity contribution in [1.82, 2.24) is 5.43 Å². The average molecular weight is 356 g/mol. The second kappa shape index (κ2) is 7.09. The van der Waals surface area contributed by atoms with E-state index in [1.807, 2.05) is 49.4 Å². The highest BCUT2D eigenvalue weighted by molar-refractivity contribution is 9.10. The standard InChI is InChI=1S/C15H16BrClN2O/c1-2-20-14-6-4-3-5-11(14)15(19-18)12-9-10(17)7-8-13(12)16/h3-9,15,19H,2,18H2,1H3. The molecule has 3 N–H and O–H groups in total. The fourth-order valence-corrected chi connectivity index (χ4v) is 2.74. The van der Waals surface area contributed by atoms with E-state index in [4.69, 9.17) is 22.2 Å². The molecule has 0 aliphatic carbocycles. The van der Waals surface area contributed by atoms with Gasteiger partial charge in [-0.15, -0.1) is 0 Å². The van der Waals surface area contributed by atoms with Crippen LogP contribution in [0.3, 0.4) is 0 Å². The average Bonchev–Trinajstić information content (AvgIpc) is 2.45. The molecule has 0 aliphatic rings. The maximum atomic E-state index is 6.09. The van der Waals surface area contributed by atoms with Crippen LogP contribution < -0.4 is 16.0 Å². The van der Waals surface area contributed by atoms with Crippen LogP contribution in [0, 0.1) is 0 Å².